The molecule has 1 amide bonds. The summed E-state index contributed by atoms with van der Waals surface area (Å²) in [5.41, 5.74) is 1.68. The van der Waals surface area contributed by atoms with E-state index in [1.54, 1.807) is 12.1 Å². The van der Waals surface area contributed by atoms with Gasteiger partial charge in [-0.15, -0.1) is 0 Å². The van der Waals surface area contributed by atoms with Crippen LogP contribution in [0.3, 0.4) is 0 Å². The fourth-order valence-corrected chi connectivity index (χ4v) is 4.28. The Kier molecular flexibility index (Phi) is 10.6. The fraction of sp³-hybridized carbons (Fsp3) is 0.391. The lowest BCUT2D eigenvalue weighted by atomic mass is 10.1. The first-order valence-corrected chi connectivity index (χ1v) is 12.5. The molecule has 0 saturated heterocycles. The van der Waals surface area contributed by atoms with E-state index in [1.165, 1.54) is 25.0 Å². The van der Waals surface area contributed by atoms with Crippen LogP contribution in [0.2, 0.25) is 0 Å². The number of rotatable bonds is 12. The van der Waals surface area contributed by atoms with Crippen molar-refractivity contribution in [1.29, 1.82) is 0 Å². The smallest absolute Gasteiger partial charge is 0.240 e. The molecule has 168 valence electrons. The highest BCUT2D eigenvalue weighted by Crippen LogP contribution is 2.14. The lowest BCUT2D eigenvalue weighted by Crippen LogP contribution is -2.33. The number of hydrogen-bond donors (Lipinski definition) is 3. The van der Waals surface area contributed by atoms with E-state index in [-0.39, 0.29) is 15.9 Å². The van der Waals surface area contributed by atoms with Crippen LogP contribution >= 0.6 is 12.2 Å². The highest BCUT2D eigenvalue weighted by molar-refractivity contribution is 7.89. The van der Waals surface area contributed by atoms with Gasteiger partial charge in [0.15, 0.2) is 5.11 Å². The number of unbranched alkanes of at least 4 members (excludes halogenated alkanes) is 4. The Labute approximate surface area is 190 Å². The quantitative estimate of drug-likeness (QED) is 0.322. The second-order valence-corrected chi connectivity index (χ2v) is 9.50. The van der Waals surface area contributed by atoms with Gasteiger partial charge in [-0.25, -0.2) is 13.1 Å². The Morgan fingerprint density at radius 3 is 2.29 bits per heavy atom. The van der Waals surface area contributed by atoms with Crippen LogP contribution in [0, 0.1) is 0 Å². The Morgan fingerprint density at radius 2 is 1.61 bits per heavy atom. The van der Waals surface area contributed by atoms with Crippen LogP contribution < -0.4 is 15.4 Å². The molecule has 0 spiro atoms. The topological polar surface area (TPSA) is 87.3 Å². The highest BCUT2D eigenvalue weighted by Gasteiger charge is 2.13. The van der Waals surface area contributed by atoms with E-state index < -0.39 is 10.0 Å². The summed E-state index contributed by atoms with van der Waals surface area (Å²) in [7, 11) is -3.59. The first-order chi connectivity index (χ1) is 14.9. The van der Waals surface area contributed by atoms with E-state index in [9.17, 15) is 13.2 Å². The molecule has 31 heavy (non-hydrogen) atoms. The summed E-state index contributed by atoms with van der Waals surface area (Å²) < 4.78 is 27.5. The van der Waals surface area contributed by atoms with Crippen LogP contribution in [0.25, 0.3) is 0 Å². The van der Waals surface area contributed by atoms with Crippen molar-refractivity contribution in [1.82, 2.24) is 10.0 Å². The third kappa shape index (κ3) is 9.59. The van der Waals surface area contributed by atoms with Crippen LogP contribution in [-0.4, -0.2) is 26.0 Å². The number of carbonyl (C=O) groups excluding carboxylic acids is 1. The molecular weight excluding hydrogens is 430 g/mol. The van der Waals surface area contributed by atoms with Crippen molar-refractivity contribution < 1.29 is 13.2 Å². The minimum atomic E-state index is -3.59. The fourth-order valence-electron chi connectivity index (χ4n) is 3.02. The molecule has 8 heteroatoms. The zero-order valence-corrected chi connectivity index (χ0v) is 19.5. The van der Waals surface area contributed by atoms with E-state index in [0.717, 1.165) is 24.8 Å². The van der Waals surface area contributed by atoms with Gasteiger partial charge in [-0.1, -0.05) is 62.9 Å². The molecular formula is C23H31N3O3S2. The second kappa shape index (κ2) is 13.2. The van der Waals surface area contributed by atoms with Crippen molar-refractivity contribution in [3.05, 3.63) is 60.2 Å². The number of anilines is 1. The van der Waals surface area contributed by atoms with Crippen molar-refractivity contribution in [3.8, 4) is 0 Å². The van der Waals surface area contributed by atoms with Crippen molar-refractivity contribution in [2.75, 3.05) is 11.9 Å². The van der Waals surface area contributed by atoms with Crippen molar-refractivity contribution >= 4 is 38.9 Å². The standard InChI is InChI=1S/C23H31N3O3S2/c1-2-3-4-5-9-12-22(27)26-23(30)25-20-13-15-21(16-14-20)31(28,29)24-18-17-19-10-7-6-8-11-19/h6-8,10-11,13-16,24H,2-5,9,12,17-18H2,1H3,(H2,25,26,27,30). The van der Waals surface area contributed by atoms with Crippen LogP contribution in [0.5, 0.6) is 0 Å². The zero-order chi connectivity index (χ0) is 22.5. The number of hydrogen-bond acceptors (Lipinski definition) is 4. The highest BCUT2D eigenvalue weighted by atomic mass is 32.2. The van der Waals surface area contributed by atoms with E-state index in [4.69, 9.17) is 12.2 Å². The molecule has 2 aromatic carbocycles. The Bertz CT molecular complexity index is 930. The average molecular weight is 462 g/mol. The van der Waals surface area contributed by atoms with Crippen LogP contribution in [0.15, 0.2) is 59.5 Å². The number of thiocarbonyl (C=S) groups is 1. The molecule has 6 nitrogen and oxygen atoms in total. The molecule has 2 aromatic rings. The van der Waals surface area contributed by atoms with Crippen molar-refractivity contribution in [3.63, 3.8) is 0 Å². The summed E-state index contributed by atoms with van der Waals surface area (Å²) in [4.78, 5) is 12.1. The SMILES string of the molecule is CCCCCCCC(=O)NC(=S)Nc1ccc(S(=O)(=O)NCCc2ccccc2)cc1. The predicted molar refractivity (Wildman–Crippen MR) is 130 cm³/mol. The van der Waals surface area contributed by atoms with Gasteiger partial charge in [0.1, 0.15) is 0 Å². The summed E-state index contributed by atoms with van der Waals surface area (Å²) in [6, 6.07) is 16.0. The zero-order valence-electron chi connectivity index (χ0n) is 17.9. The molecule has 0 aliphatic rings. The van der Waals surface area contributed by atoms with Gasteiger partial charge in [0, 0.05) is 18.7 Å². The van der Waals surface area contributed by atoms with Crippen molar-refractivity contribution in [2.24, 2.45) is 0 Å². The molecule has 0 aliphatic heterocycles. The van der Waals surface area contributed by atoms with Gasteiger partial charge in [-0.05, 0) is 54.9 Å². The van der Waals surface area contributed by atoms with Gasteiger partial charge in [0.25, 0.3) is 0 Å². The molecule has 0 aliphatic carbocycles. The molecule has 0 saturated carbocycles. The summed E-state index contributed by atoms with van der Waals surface area (Å²) in [5, 5.41) is 5.77. The lowest BCUT2D eigenvalue weighted by molar-refractivity contribution is -0.119. The molecule has 3 N–H and O–H groups in total. The second-order valence-electron chi connectivity index (χ2n) is 7.32. The first kappa shape index (κ1) is 25.0. The maximum absolute atomic E-state index is 12.5. The van der Waals surface area contributed by atoms with E-state index in [2.05, 4.69) is 22.3 Å². The molecule has 0 unspecified atom stereocenters. The average Bonchev–Trinajstić information content (AvgIpc) is 2.74. The summed E-state index contributed by atoms with van der Waals surface area (Å²) in [6.45, 7) is 2.47. The van der Waals surface area contributed by atoms with E-state index in [0.29, 0.717) is 25.1 Å². The van der Waals surface area contributed by atoms with Gasteiger partial charge in [0.2, 0.25) is 15.9 Å². The van der Waals surface area contributed by atoms with Crippen LogP contribution in [0.4, 0.5) is 5.69 Å². The van der Waals surface area contributed by atoms with Gasteiger partial charge in [-0.2, -0.15) is 0 Å². The van der Waals surface area contributed by atoms with E-state index in [1.807, 2.05) is 30.3 Å². The number of benzene rings is 2. The third-order valence-corrected chi connectivity index (χ3v) is 6.41. The Balaban J connectivity index is 1.77. The van der Waals surface area contributed by atoms with Crippen molar-refractivity contribution in [2.45, 2.75) is 56.8 Å². The van der Waals surface area contributed by atoms with Crippen LogP contribution in [-0.2, 0) is 21.2 Å². The Morgan fingerprint density at radius 1 is 0.935 bits per heavy atom. The van der Waals surface area contributed by atoms with Gasteiger partial charge < -0.3 is 10.6 Å². The summed E-state index contributed by atoms with van der Waals surface area (Å²) in [5.74, 6) is -0.115. The largest absolute Gasteiger partial charge is 0.332 e. The molecule has 2 rings (SSSR count). The molecule has 0 aromatic heterocycles. The third-order valence-electron chi connectivity index (χ3n) is 4.73. The minimum Gasteiger partial charge on any atom is -0.332 e. The lowest BCUT2D eigenvalue weighted by Gasteiger charge is -2.11. The molecule has 0 bridgehead atoms. The molecule has 0 atom stereocenters. The molecule has 0 heterocycles. The monoisotopic (exact) mass is 461 g/mol. The maximum atomic E-state index is 12.5. The van der Waals surface area contributed by atoms with E-state index >= 15 is 0 Å². The summed E-state index contributed by atoms with van der Waals surface area (Å²) in [6.07, 6.45) is 6.45. The molecule has 0 fully saturated rings. The first-order valence-electron chi connectivity index (χ1n) is 10.6. The summed E-state index contributed by atoms with van der Waals surface area (Å²) >= 11 is 5.17. The number of amides is 1. The van der Waals surface area contributed by atoms with Crippen LogP contribution in [0.1, 0.15) is 51.0 Å². The number of carbonyl (C=O) groups is 1. The number of nitrogens with one attached hydrogen (secondary N) is 3. The predicted octanol–water partition coefficient (Wildman–Crippen LogP) is 4.38. The van der Waals surface area contributed by atoms with Gasteiger partial charge in [0.05, 0.1) is 4.90 Å². The minimum absolute atomic E-state index is 0.115. The molecule has 0 radical (unpaired) electrons. The Hall–Kier alpha value is -2.29. The van der Waals surface area contributed by atoms with Gasteiger partial charge >= 0.3 is 0 Å². The maximum Gasteiger partial charge on any atom is 0.240 e. The number of sulfonamides is 1. The van der Waals surface area contributed by atoms with Gasteiger partial charge in [-0.3, -0.25) is 4.79 Å². The normalized spacial score (nSPS) is 11.1.